The minimum atomic E-state index is -1.21. The Morgan fingerprint density at radius 3 is 1.76 bits per heavy atom. The first-order chi connectivity index (χ1) is 29.4. The lowest BCUT2D eigenvalue weighted by atomic mass is 10.0. The summed E-state index contributed by atoms with van der Waals surface area (Å²) in [4.78, 5) is 122. The number of carbonyl (C=O) groups excluding carboxylic acids is 8. The number of nitrogens with two attached hydrogens (primary N) is 1. The van der Waals surface area contributed by atoms with Crippen molar-refractivity contribution in [3.8, 4) is 0 Å². The molecule has 0 fully saturated rings. The third-order valence-corrected chi connectivity index (χ3v) is 9.82. The number of rotatable bonds is 23. The van der Waals surface area contributed by atoms with Gasteiger partial charge in [0.15, 0.2) is 0 Å². The van der Waals surface area contributed by atoms with Crippen LogP contribution < -0.4 is 43.0 Å². The second kappa shape index (κ2) is 22.5. The van der Waals surface area contributed by atoms with E-state index in [9.17, 15) is 38.4 Å². The standard InChI is InChI=1S/C41H57N13O8/c1-21(2)11-30(36(42)57)52-40(61)33(14-27-17-44-20-48-27)51-34(56)18-46-41(62)35(22(3)4)54-37(58)23(5)49-38(59)31(12-25-15-45-29-10-8-7-9-28(25)29)53-39(60)32(50-24(6)55)13-26-16-43-19-47-26/h7-10,15-17,19-23,30-33,35,45H,11-14,18H2,1-6H3,(H2,42,57)(H,43,47)(H,44,48)(H,46,62)(H,49,59)(H,50,55)(H,51,56)(H,52,61)(H,53,60)(H,54,58)/t23-,30-,31-,32-,33-,35-/m0/s1. The number of carbonyl (C=O) groups is 8. The molecule has 0 unspecified atom stereocenters. The summed E-state index contributed by atoms with van der Waals surface area (Å²) in [5.41, 5.74) is 8.11. The van der Waals surface area contributed by atoms with Gasteiger partial charge in [-0.2, -0.15) is 0 Å². The number of imidazole rings is 2. The maximum atomic E-state index is 13.9. The quantitative estimate of drug-likeness (QED) is 0.0428. The van der Waals surface area contributed by atoms with Crippen LogP contribution in [0.5, 0.6) is 0 Å². The molecule has 0 saturated heterocycles. The fourth-order valence-electron chi connectivity index (χ4n) is 6.60. The molecule has 3 heterocycles. The van der Waals surface area contributed by atoms with Crippen LogP contribution in [-0.4, -0.2) is 115 Å². The molecule has 0 aliphatic rings. The van der Waals surface area contributed by atoms with Crippen LogP contribution in [0.2, 0.25) is 0 Å². The first kappa shape index (κ1) is 47.6. The molecule has 334 valence electrons. The predicted octanol–water partition coefficient (Wildman–Crippen LogP) is -1.11. The smallest absolute Gasteiger partial charge is 0.243 e. The van der Waals surface area contributed by atoms with Gasteiger partial charge < -0.3 is 57.9 Å². The zero-order valence-corrected chi connectivity index (χ0v) is 35.6. The average Bonchev–Trinajstić information content (AvgIpc) is 4.01. The monoisotopic (exact) mass is 859 g/mol. The van der Waals surface area contributed by atoms with E-state index in [1.54, 1.807) is 20.0 Å². The highest BCUT2D eigenvalue weighted by molar-refractivity contribution is 5.97. The van der Waals surface area contributed by atoms with Gasteiger partial charge in [-0.15, -0.1) is 0 Å². The molecule has 8 amide bonds. The fourth-order valence-corrected chi connectivity index (χ4v) is 6.60. The number of para-hydroxylation sites is 1. The molecule has 0 bridgehead atoms. The number of H-pyrrole nitrogens is 3. The highest BCUT2D eigenvalue weighted by Gasteiger charge is 2.32. The number of hydrogen-bond donors (Lipinski definition) is 11. The van der Waals surface area contributed by atoms with E-state index < -0.39 is 96.0 Å². The highest BCUT2D eigenvalue weighted by Crippen LogP contribution is 2.19. The van der Waals surface area contributed by atoms with Crippen molar-refractivity contribution >= 4 is 58.2 Å². The Labute approximate surface area is 358 Å². The van der Waals surface area contributed by atoms with Crippen LogP contribution in [0, 0.1) is 11.8 Å². The van der Waals surface area contributed by atoms with Gasteiger partial charge in [-0.1, -0.05) is 45.9 Å². The zero-order valence-electron chi connectivity index (χ0n) is 35.6. The summed E-state index contributed by atoms with van der Waals surface area (Å²) in [5, 5.41) is 19.1. The second-order valence-electron chi connectivity index (χ2n) is 15.8. The lowest BCUT2D eigenvalue weighted by Gasteiger charge is -2.26. The molecule has 21 nitrogen and oxygen atoms in total. The number of nitrogens with one attached hydrogen (secondary N) is 10. The number of aromatic nitrogens is 5. The van der Waals surface area contributed by atoms with Gasteiger partial charge in [0, 0.05) is 67.1 Å². The molecule has 0 aliphatic heterocycles. The van der Waals surface area contributed by atoms with E-state index in [1.165, 1.54) is 38.9 Å². The van der Waals surface area contributed by atoms with Gasteiger partial charge in [0.2, 0.25) is 47.3 Å². The van der Waals surface area contributed by atoms with E-state index in [0.717, 1.165) is 10.9 Å². The number of amides is 8. The van der Waals surface area contributed by atoms with Gasteiger partial charge >= 0.3 is 0 Å². The molecule has 1 aromatic carbocycles. The lowest BCUT2D eigenvalue weighted by molar-refractivity contribution is -0.135. The second-order valence-corrected chi connectivity index (χ2v) is 15.8. The Balaban J connectivity index is 1.41. The molecule has 4 aromatic rings. The van der Waals surface area contributed by atoms with Crippen LogP contribution >= 0.6 is 0 Å². The summed E-state index contributed by atoms with van der Waals surface area (Å²) in [6.45, 7) is 9.18. The van der Waals surface area contributed by atoms with Crippen molar-refractivity contribution in [1.82, 2.24) is 62.1 Å². The molecule has 4 rings (SSSR count). The van der Waals surface area contributed by atoms with E-state index in [1.807, 2.05) is 38.1 Å². The van der Waals surface area contributed by atoms with Crippen molar-refractivity contribution in [2.24, 2.45) is 17.6 Å². The molecule has 0 saturated carbocycles. The molecule has 0 radical (unpaired) electrons. The molecule has 3 aromatic heterocycles. The first-order valence-corrected chi connectivity index (χ1v) is 20.3. The molecule has 6 atom stereocenters. The van der Waals surface area contributed by atoms with E-state index in [0.29, 0.717) is 17.0 Å². The summed E-state index contributed by atoms with van der Waals surface area (Å²) in [6, 6.07) is 0.607. The Hall–Kier alpha value is -7.06. The fraction of sp³-hybridized carbons (Fsp3) is 0.463. The van der Waals surface area contributed by atoms with E-state index in [-0.39, 0.29) is 31.6 Å². The summed E-state index contributed by atoms with van der Waals surface area (Å²) in [6.07, 6.45) is 7.88. The number of benzene rings is 1. The largest absolute Gasteiger partial charge is 0.368 e. The number of nitrogens with zero attached hydrogens (tertiary/aromatic N) is 2. The number of primary amides is 1. The van der Waals surface area contributed by atoms with Crippen LogP contribution in [0.3, 0.4) is 0 Å². The minimum absolute atomic E-state index is 0.0135. The third kappa shape index (κ3) is 14.3. The topological polar surface area (TPSA) is 320 Å². The number of hydrogen-bond acceptors (Lipinski definition) is 10. The van der Waals surface area contributed by atoms with Gasteiger partial charge in [0.25, 0.3) is 0 Å². The normalized spacial score (nSPS) is 14.1. The van der Waals surface area contributed by atoms with Crippen molar-refractivity contribution < 1.29 is 38.4 Å². The number of aromatic amines is 3. The maximum absolute atomic E-state index is 13.9. The van der Waals surface area contributed by atoms with E-state index in [4.69, 9.17) is 5.73 Å². The predicted molar refractivity (Wildman–Crippen MR) is 226 cm³/mol. The SMILES string of the molecule is CC(=O)N[C@@H](Cc1cnc[nH]1)C(=O)N[C@@H](Cc1c[nH]c2ccccc12)C(=O)N[C@@H](C)C(=O)N[C@H](C(=O)NCC(=O)N[C@@H](Cc1cnc[nH]1)C(=O)N[C@@H](CC(C)C)C(N)=O)C(C)C. The first-order valence-electron chi connectivity index (χ1n) is 20.3. The van der Waals surface area contributed by atoms with E-state index in [2.05, 4.69) is 62.1 Å². The maximum Gasteiger partial charge on any atom is 0.243 e. The molecule has 12 N–H and O–H groups in total. The Kier molecular flexibility index (Phi) is 17.3. The average molecular weight is 860 g/mol. The molecule has 62 heavy (non-hydrogen) atoms. The number of fused-ring (bicyclic) bond motifs is 1. The molecule has 0 aliphatic carbocycles. The molecule has 0 spiro atoms. The minimum Gasteiger partial charge on any atom is -0.368 e. The van der Waals surface area contributed by atoms with Crippen LogP contribution in [0.15, 0.2) is 55.5 Å². The van der Waals surface area contributed by atoms with Crippen LogP contribution in [0.4, 0.5) is 0 Å². The summed E-state index contributed by atoms with van der Waals surface area (Å²) >= 11 is 0. The Bertz CT molecular complexity index is 2170. The van der Waals surface area contributed by atoms with Gasteiger partial charge in [0.05, 0.1) is 19.2 Å². The van der Waals surface area contributed by atoms with Gasteiger partial charge in [0.1, 0.15) is 36.3 Å². The van der Waals surface area contributed by atoms with Gasteiger partial charge in [-0.25, -0.2) is 9.97 Å². The Morgan fingerprint density at radius 2 is 1.21 bits per heavy atom. The van der Waals surface area contributed by atoms with E-state index >= 15 is 0 Å². The zero-order chi connectivity index (χ0) is 45.5. The highest BCUT2D eigenvalue weighted by atomic mass is 16.2. The van der Waals surface area contributed by atoms with Gasteiger partial charge in [-0.05, 0) is 36.8 Å². The molecule has 21 heteroatoms. The van der Waals surface area contributed by atoms with Gasteiger partial charge in [-0.3, -0.25) is 38.4 Å². The van der Waals surface area contributed by atoms with Crippen molar-refractivity contribution in [3.63, 3.8) is 0 Å². The van der Waals surface area contributed by atoms with Crippen LogP contribution in [0.25, 0.3) is 10.9 Å². The molecular formula is C41H57N13O8. The summed E-state index contributed by atoms with van der Waals surface area (Å²) in [5.74, 6) is -5.86. The van der Waals surface area contributed by atoms with Crippen molar-refractivity contribution in [1.29, 1.82) is 0 Å². The van der Waals surface area contributed by atoms with Crippen molar-refractivity contribution in [2.75, 3.05) is 6.54 Å². The molecular weight excluding hydrogens is 803 g/mol. The Morgan fingerprint density at radius 1 is 0.645 bits per heavy atom. The summed E-state index contributed by atoms with van der Waals surface area (Å²) < 4.78 is 0. The van der Waals surface area contributed by atoms with Crippen molar-refractivity contribution in [3.05, 3.63) is 72.5 Å². The van der Waals surface area contributed by atoms with Crippen molar-refractivity contribution in [2.45, 2.75) is 103 Å². The summed E-state index contributed by atoms with van der Waals surface area (Å²) in [7, 11) is 0. The van der Waals surface area contributed by atoms with Crippen LogP contribution in [0.1, 0.15) is 64.9 Å². The third-order valence-electron chi connectivity index (χ3n) is 9.82. The van der Waals surface area contributed by atoms with Crippen LogP contribution in [-0.2, 0) is 57.6 Å². The lowest BCUT2D eigenvalue weighted by Crippen LogP contribution is -2.59.